The number of pyridine rings is 1. The molecule has 0 radical (unpaired) electrons. The predicted molar refractivity (Wildman–Crippen MR) is 117 cm³/mol. The summed E-state index contributed by atoms with van der Waals surface area (Å²) in [5, 5.41) is 2.71. The fourth-order valence-corrected chi connectivity index (χ4v) is 3.67. The highest BCUT2D eigenvalue weighted by molar-refractivity contribution is 5.90. The molecule has 4 rings (SSSR count). The van der Waals surface area contributed by atoms with Crippen LogP contribution in [0.4, 0.5) is 4.79 Å². The predicted octanol–water partition coefficient (Wildman–Crippen LogP) is 3.46. The van der Waals surface area contributed by atoms with Crippen LogP contribution in [0.1, 0.15) is 39.6 Å². The summed E-state index contributed by atoms with van der Waals surface area (Å²) < 4.78 is 5.48. The molecule has 1 aliphatic rings. The van der Waals surface area contributed by atoms with Crippen molar-refractivity contribution in [2.75, 3.05) is 13.2 Å². The Kier molecular flexibility index (Phi) is 5.95. The molecule has 1 aliphatic carbocycles. The number of carbonyl (C=O) groups is 2. The minimum Gasteiger partial charge on any atom is -0.449 e. The van der Waals surface area contributed by atoms with Crippen LogP contribution in [-0.2, 0) is 4.74 Å². The van der Waals surface area contributed by atoms with E-state index in [2.05, 4.69) is 46.4 Å². The van der Waals surface area contributed by atoms with E-state index >= 15 is 0 Å². The maximum atomic E-state index is 12.1. The first kappa shape index (κ1) is 20.2. The molecule has 0 fully saturated rings. The number of primary amides is 1. The number of amides is 2. The molecule has 3 N–H and O–H groups in total. The molecule has 0 atom stereocenters. The Morgan fingerprint density at radius 3 is 2.32 bits per heavy atom. The zero-order chi connectivity index (χ0) is 21.6. The van der Waals surface area contributed by atoms with E-state index in [1.807, 2.05) is 24.3 Å². The van der Waals surface area contributed by atoms with Gasteiger partial charge in [0.25, 0.3) is 5.91 Å². The lowest BCUT2D eigenvalue weighted by Crippen LogP contribution is -2.26. The monoisotopic (exact) mass is 411 g/mol. The second kappa shape index (κ2) is 9.14. The first-order valence-corrected chi connectivity index (χ1v) is 9.98. The SMILES string of the molecule is NC(=O)c1cccc(C#CCCNC(=O)OCC2c3ccccc3-c3ccccc32)n1. The smallest absolute Gasteiger partial charge is 0.407 e. The zero-order valence-electron chi connectivity index (χ0n) is 16.8. The highest BCUT2D eigenvalue weighted by Gasteiger charge is 2.28. The molecule has 1 aromatic heterocycles. The summed E-state index contributed by atoms with van der Waals surface area (Å²) in [6.07, 6.45) is -0.0512. The number of carbonyl (C=O) groups excluding carboxylic acids is 2. The van der Waals surface area contributed by atoms with Gasteiger partial charge in [-0.2, -0.15) is 0 Å². The minimum atomic E-state index is -0.597. The van der Waals surface area contributed by atoms with Crippen molar-refractivity contribution >= 4 is 12.0 Å². The standard InChI is InChI=1S/C25H21N3O3/c26-24(29)23-14-7-9-17(28-23)8-5-6-15-27-25(30)31-16-22-20-12-3-1-10-18(20)19-11-2-4-13-21(19)22/h1-4,7,9-14,22H,6,15-16H2,(H2,26,29)(H,27,30). The van der Waals surface area contributed by atoms with Crippen LogP contribution in [0.25, 0.3) is 11.1 Å². The Bertz CT molecular complexity index is 1150. The van der Waals surface area contributed by atoms with E-state index in [-0.39, 0.29) is 18.2 Å². The lowest BCUT2D eigenvalue weighted by molar-refractivity contribution is 0.0995. The third-order valence-corrected chi connectivity index (χ3v) is 5.08. The van der Waals surface area contributed by atoms with Crippen molar-refractivity contribution in [3.8, 4) is 23.0 Å². The van der Waals surface area contributed by atoms with E-state index in [0.717, 1.165) is 0 Å². The van der Waals surface area contributed by atoms with Gasteiger partial charge < -0.3 is 15.8 Å². The number of fused-ring (bicyclic) bond motifs is 3. The summed E-state index contributed by atoms with van der Waals surface area (Å²) in [6.45, 7) is 0.620. The van der Waals surface area contributed by atoms with Gasteiger partial charge in [0, 0.05) is 18.9 Å². The Hall–Kier alpha value is -4.11. The molecule has 31 heavy (non-hydrogen) atoms. The van der Waals surface area contributed by atoms with Crippen LogP contribution in [0, 0.1) is 11.8 Å². The van der Waals surface area contributed by atoms with Gasteiger partial charge in [0.05, 0.1) is 0 Å². The average Bonchev–Trinajstić information content (AvgIpc) is 3.11. The molecule has 154 valence electrons. The molecular formula is C25H21N3O3. The molecule has 6 nitrogen and oxygen atoms in total. The molecule has 0 saturated heterocycles. The van der Waals surface area contributed by atoms with Crippen molar-refractivity contribution in [2.24, 2.45) is 5.73 Å². The van der Waals surface area contributed by atoms with Gasteiger partial charge in [-0.3, -0.25) is 4.79 Å². The fraction of sp³-hybridized carbons (Fsp3) is 0.160. The molecule has 0 spiro atoms. The molecule has 6 heteroatoms. The molecule has 1 heterocycles. The third kappa shape index (κ3) is 4.57. The Morgan fingerprint density at radius 2 is 1.65 bits per heavy atom. The first-order valence-electron chi connectivity index (χ1n) is 9.98. The van der Waals surface area contributed by atoms with E-state index < -0.39 is 12.0 Å². The quantitative estimate of drug-likeness (QED) is 0.497. The number of nitrogens with zero attached hydrogens (tertiary/aromatic N) is 1. The lowest BCUT2D eigenvalue weighted by Gasteiger charge is -2.14. The van der Waals surface area contributed by atoms with E-state index in [1.165, 1.54) is 28.3 Å². The van der Waals surface area contributed by atoms with Crippen LogP contribution in [0.3, 0.4) is 0 Å². The van der Waals surface area contributed by atoms with Crippen molar-refractivity contribution in [3.05, 3.63) is 89.2 Å². The van der Waals surface area contributed by atoms with Gasteiger partial charge in [-0.05, 0) is 40.3 Å². The van der Waals surface area contributed by atoms with Crippen molar-refractivity contribution in [1.82, 2.24) is 10.3 Å². The first-order chi connectivity index (χ1) is 15.1. The summed E-state index contributed by atoms with van der Waals surface area (Å²) in [7, 11) is 0. The van der Waals surface area contributed by atoms with Crippen molar-refractivity contribution in [1.29, 1.82) is 0 Å². The summed E-state index contributed by atoms with van der Waals surface area (Å²) >= 11 is 0. The van der Waals surface area contributed by atoms with Gasteiger partial charge in [0.1, 0.15) is 18.0 Å². The number of aromatic nitrogens is 1. The molecule has 2 aromatic carbocycles. The van der Waals surface area contributed by atoms with Crippen LogP contribution in [0.15, 0.2) is 66.7 Å². The number of hydrogen-bond donors (Lipinski definition) is 2. The molecule has 0 aliphatic heterocycles. The van der Waals surface area contributed by atoms with Crippen molar-refractivity contribution in [3.63, 3.8) is 0 Å². The number of hydrogen-bond acceptors (Lipinski definition) is 4. The maximum absolute atomic E-state index is 12.1. The van der Waals surface area contributed by atoms with Crippen LogP contribution < -0.4 is 11.1 Å². The average molecular weight is 411 g/mol. The van der Waals surface area contributed by atoms with Gasteiger partial charge in [-0.25, -0.2) is 9.78 Å². The van der Waals surface area contributed by atoms with Gasteiger partial charge in [0.2, 0.25) is 0 Å². The van der Waals surface area contributed by atoms with Crippen LogP contribution in [0.2, 0.25) is 0 Å². The summed E-state index contributed by atoms with van der Waals surface area (Å²) in [5.74, 6) is 5.20. The van der Waals surface area contributed by atoms with Gasteiger partial charge in [-0.1, -0.05) is 60.5 Å². The summed E-state index contributed by atoms with van der Waals surface area (Å²) in [4.78, 5) is 27.3. The zero-order valence-corrected chi connectivity index (χ0v) is 16.8. The molecular weight excluding hydrogens is 390 g/mol. The maximum Gasteiger partial charge on any atom is 0.407 e. The highest BCUT2D eigenvalue weighted by Crippen LogP contribution is 2.44. The summed E-state index contributed by atoms with van der Waals surface area (Å²) in [5.41, 5.74) is 10.6. The van der Waals surface area contributed by atoms with Gasteiger partial charge in [0.15, 0.2) is 0 Å². The van der Waals surface area contributed by atoms with E-state index in [1.54, 1.807) is 12.1 Å². The number of ether oxygens (including phenoxy) is 1. The van der Waals surface area contributed by atoms with E-state index in [4.69, 9.17) is 10.5 Å². The van der Waals surface area contributed by atoms with E-state index in [9.17, 15) is 9.59 Å². The fourth-order valence-electron chi connectivity index (χ4n) is 3.67. The number of nitrogens with two attached hydrogens (primary N) is 1. The number of nitrogens with one attached hydrogen (secondary N) is 1. The van der Waals surface area contributed by atoms with Crippen LogP contribution in [0.5, 0.6) is 0 Å². The van der Waals surface area contributed by atoms with Crippen molar-refractivity contribution < 1.29 is 14.3 Å². The van der Waals surface area contributed by atoms with Crippen LogP contribution >= 0.6 is 0 Å². The van der Waals surface area contributed by atoms with Crippen molar-refractivity contribution in [2.45, 2.75) is 12.3 Å². The highest BCUT2D eigenvalue weighted by atomic mass is 16.5. The normalized spacial score (nSPS) is 11.6. The van der Waals surface area contributed by atoms with Gasteiger partial charge >= 0.3 is 6.09 Å². The van der Waals surface area contributed by atoms with Crippen LogP contribution in [-0.4, -0.2) is 30.1 Å². The lowest BCUT2D eigenvalue weighted by atomic mass is 9.98. The third-order valence-electron chi connectivity index (χ3n) is 5.08. The molecule has 0 unspecified atom stereocenters. The second-order valence-electron chi connectivity index (χ2n) is 7.08. The minimum absolute atomic E-state index is 0.0292. The van der Waals surface area contributed by atoms with Gasteiger partial charge in [-0.15, -0.1) is 0 Å². The Balaban J connectivity index is 1.28. The molecule has 2 amide bonds. The Morgan fingerprint density at radius 1 is 0.968 bits per heavy atom. The summed E-state index contributed by atoms with van der Waals surface area (Å²) in [6, 6.07) is 21.3. The topological polar surface area (TPSA) is 94.3 Å². The molecule has 0 saturated carbocycles. The molecule has 3 aromatic rings. The van der Waals surface area contributed by atoms with E-state index in [0.29, 0.717) is 18.7 Å². The molecule has 0 bridgehead atoms. The number of alkyl carbamates (subject to hydrolysis) is 1. The number of benzene rings is 2. The number of rotatable bonds is 5. The second-order valence-corrected chi connectivity index (χ2v) is 7.08. The largest absolute Gasteiger partial charge is 0.449 e. The Labute approximate surface area is 180 Å².